The van der Waals surface area contributed by atoms with Crippen LogP contribution in [0, 0.1) is 5.92 Å². The van der Waals surface area contributed by atoms with Gasteiger partial charge in [0, 0.05) is 30.0 Å². The Labute approximate surface area is 135 Å². The van der Waals surface area contributed by atoms with Gasteiger partial charge in [-0.15, -0.1) is 6.58 Å². The van der Waals surface area contributed by atoms with Gasteiger partial charge in [-0.1, -0.05) is 12.1 Å². The second kappa shape index (κ2) is 4.38. The Morgan fingerprint density at radius 3 is 3.17 bits per heavy atom. The van der Waals surface area contributed by atoms with Crippen LogP contribution in [0.5, 0.6) is 11.5 Å². The number of aromatic hydroxyl groups is 1. The maximum Gasteiger partial charge on any atom is 0.174 e. The standard InChI is InChI=1S/C19H21NO3/c1-2-8-20-9-7-19-12-4-6-15(22)18(19)23-17-14(21)5-3-11(16(17)19)10-13(12)20/h2-3,5,12-13,18,21H,1,4,6-10H2/t12?,13?,18-,19-/m0/s1. The van der Waals surface area contributed by atoms with Crippen LogP contribution in [0.4, 0.5) is 0 Å². The van der Waals surface area contributed by atoms with Gasteiger partial charge in [0.15, 0.2) is 23.4 Å². The number of likely N-dealkylation sites (tertiary alicyclic amines) is 1. The topological polar surface area (TPSA) is 49.8 Å². The average molecular weight is 311 g/mol. The molecule has 4 heteroatoms. The molecule has 0 aromatic heterocycles. The zero-order valence-corrected chi connectivity index (χ0v) is 13.1. The molecule has 0 amide bonds. The van der Waals surface area contributed by atoms with Crippen molar-refractivity contribution in [3.8, 4) is 11.5 Å². The van der Waals surface area contributed by atoms with E-state index in [4.69, 9.17) is 4.74 Å². The quantitative estimate of drug-likeness (QED) is 0.851. The van der Waals surface area contributed by atoms with Gasteiger partial charge >= 0.3 is 0 Å². The second-order valence-electron chi connectivity index (χ2n) is 7.40. The fourth-order valence-corrected chi connectivity index (χ4v) is 5.80. The highest BCUT2D eigenvalue weighted by Crippen LogP contribution is 2.63. The van der Waals surface area contributed by atoms with Crippen LogP contribution in [0.1, 0.15) is 30.4 Å². The lowest BCUT2D eigenvalue weighted by Gasteiger charge is -2.57. The Hall–Kier alpha value is -1.81. The zero-order valence-electron chi connectivity index (χ0n) is 13.1. The van der Waals surface area contributed by atoms with E-state index in [1.54, 1.807) is 6.07 Å². The number of nitrogens with zero attached hydrogens (tertiary/aromatic N) is 1. The number of piperidine rings is 1. The molecule has 4 aliphatic rings. The molecule has 1 spiro atoms. The maximum atomic E-state index is 12.6. The molecule has 2 aliphatic carbocycles. The van der Waals surface area contributed by atoms with E-state index in [2.05, 4.69) is 11.5 Å². The number of hydrogen-bond donors (Lipinski definition) is 1. The molecule has 2 heterocycles. The fourth-order valence-electron chi connectivity index (χ4n) is 5.80. The van der Waals surface area contributed by atoms with Crippen LogP contribution in [-0.2, 0) is 16.6 Å². The molecule has 23 heavy (non-hydrogen) atoms. The molecule has 1 saturated carbocycles. The summed E-state index contributed by atoms with van der Waals surface area (Å²) in [6.45, 7) is 5.77. The summed E-state index contributed by atoms with van der Waals surface area (Å²) in [6.07, 6.45) is 5.03. The Balaban J connectivity index is 1.75. The first-order valence-electron chi connectivity index (χ1n) is 8.56. The zero-order chi connectivity index (χ0) is 15.8. The van der Waals surface area contributed by atoms with Gasteiger partial charge in [0.25, 0.3) is 0 Å². The summed E-state index contributed by atoms with van der Waals surface area (Å²) in [4.78, 5) is 15.1. The maximum absolute atomic E-state index is 12.6. The minimum Gasteiger partial charge on any atom is -0.504 e. The van der Waals surface area contributed by atoms with E-state index < -0.39 is 6.10 Å². The molecule has 2 fully saturated rings. The number of benzene rings is 1. The van der Waals surface area contributed by atoms with E-state index in [-0.39, 0.29) is 16.9 Å². The molecule has 4 nitrogen and oxygen atoms in total. The van der Waals surface area contributed by atoms with Crippen molar-refractivity contribution in [2.24, 2.45) is 5.92 Å². The summed E-state index contributed by atoms with van der Waals surface area (Å²) in [6, 6.07) is 4.20. The Bertz CT molecular complexity index is 728. The first kappa shape index (κ1) is 13.6. The van der Waals surface area contributed by atoms with Gasteiger partial charge in [-0.2, -0.15) is 0 Å². The van der Waals surface area contributed by atoms with E-state index in [0.717, 1.165) is 37.9 Å². The first-order chi connectivity index (χ1) is 11.2. The van der Waals surface area contributed by atoms with E-state index in [9.17, 15) is 9.90 Å². The largest absolute Gasteiger partial charge is 0.504 e. The molecule has 1 N–H and O–H groups in total. The summed E-state index contributed by atoms with van der Waals surface area (Å²) >= 11 is 0. The van der Waals surface area contributed by atoms with E-state index in [0.29, 0.717) is 24.1 Å². The van der Waals surface area contributed by atoms with Crippen molar-refractivity contribution < 1.29 is 14.6 Å². The molecule has 4 atom stereocenters. The molecular formula is C19H21NO3. The van der Waals surface area contributed by atoms with Crippen molar-refractivity contribution >= 4 is 5.78 Å². The van der Waals surface area contributed by atoms with Crippen LogP contribution >= 0.6 is 0 Å². The number of carbonyl (C=O) groups is 1. The molecular weight excluding hydrogens is 290 g/mol. The first-order valence-corrected chi connectivity index (χ1v) is 8.56. The highest BCUT2D eigenvalue weighted by Gasteiger charge is 2.65. The predicted molar refractivity (Wildman–Crippen MR) is 85.8 cm³/mol. The molecule has 2 unspecified atom stereocenters. The summed E-state index contributed by atoms with van der Waals surface area (Å²) < 4.78 is 6.08. The van der Waals surface area contributed by atoms with Crippen LogP contribution in [0.3, 0.4) is 0 Å². The molecule has 1 aromatic rings. The molecule has 1 saturated heterocycles. The normalized spacial score (nSPS) is 37.2. The summed E-state index contributed by atoms with van der Waals surface area (Å²) in [5, 5.41) is 10.3. The van der Waals surface area contributed by atoms with Gasteiger partial charge in [0.2, 0.25) is 0 Å². The fraction of sp³-hybridized carbons (Fsp3) is 0.526. The third kappa shape index (κ3) is 1.48. The molecule has 2 aliphatic heterocycles. The van der Waals surface area contributed by atoms with E-state index in [1.807, 2.05) is 12.1 Å². The van der Waals surface area contributed by atoms with Crippen molar-refractivity contribution in [2.75, 3.05) is 13.1 Å². The Morgan fingerprint density at radius 1 is 1.48 bits per heavy atom. The third-order valence-electron chi connectivity index (χ3n) is 6.59. The Kier molecular flexibility index (Phi) is 2.59. The average Bonchev–Trinajstić information content (AvgIpc) is 2.89. The van der Waals surface area contributed by atoms with Gasteiger partial charge in [-0.3, -0.25) is 9.69 Å². The number of Topliss-reactive ketones (excluding diaryl/α,β-unsaturated/α-hetero) is 1. The summed E-state index contributed by atoms with van der Waals surface area (Å²) in [7, 11) is 0. The predicted octanol–water partition coefficient (Wildman–Crippen LogP) is 2.19. The lowest BCUT2D eigenvalue weighted by molar-refractivity contribution is -0.138. The second-order valence-corrected chi connectivity index (χ2v) is 7.40. The number of ether oxygens (including phenoxy) is 1. The third-order valence-corrected chi connectivity index (χ3v) is 6.59. The molecule has 5 rings (SSSR count). The van der Waals surface area contributed by atoms with Crippen molar-refractivity contribution in [3.05, 3.63) is 35.9 Å². The van der Waals surface area contributed by atoms with Crippen molar-refractivity contribution in [3.63, 3.8) is 0 Å². The number of rotatable bonds is 2. The lowest BCUT2D eigenvalue weighted by Crippen LogP contribution is -2.66. The van der Waals surface area contributed by atoms with Crippen LogP contribution in [0.15, 0.2) is 24.8 Å². The van der Waals surface area contributed by atoms with E-state index in [1.165, 1.54) is 5.56 Å². The van der Waals surface area contributed by atoms with Crippen molar-refractivity contribution in [2.45, 2.75) is 43.2 Å². The highest BCUT2D eigenvalue weighted by atomic mass is 16.5. The smallest absolute Gasteiger partial charge is 0.174 e. The van der Waals surface area contributed by atoms with Gasteiger partial charge in [0.1, 0.15) is 0 Å². The minimum absolute atomic E-state index is 0.186. The Morgan fingerprint density at radius 2 is 2.35 bits per heavy atom. The van der Waals surface area contributed by atoms with E-state index >= 15 is 0 Å². The van der Waals surface area contributed by atoms with Gasteiger partial charge in [0.05, 0.1) is 0 Å². The van der Waals surface area contributed by atoms with Crippen LogP contribution < -0.4 is 4.74 Å². The number of phenols is 1. The SMILES string of the molecule is C=CCN1CC[C@]23c4c5ccc(O)c4O[C@H]2C(=O)CCC3C1C5. The van der Waals surface area contributed by atoms with Crippen LogP contribution in [-0.4, -0.2) is 41.0 Å². The van der Waals surface area contributed by atoms with Gasteiger partial charge < -0.3 is 9.84 Å². The van der Waals surface area contributed by atoms with Crippen molar-refractivity contribution in [1.29, 1.82) is 0 Å². The molecule has 2 bridgehead atoms. The number of hydrogen-bond acceptors (Lipinski definition) is 4. The van der Waals surface area contributed by atoms with Crippen LogP contribution in [0.25, 0.3) is 0 Å². The summed E-state index contributed by atoms with van der Waals surface area (Å²) in [5.41, 5.74) is 2.19. The summed E-state index contributed by atoms with van der Waals surface area (Å²) in [5.74, 6) is 1.42. The van der Waals surface area contributed by atoms with Gasteiger partial charge in [-0.05, 0) is 43.4 Å². The van der Waals surface area contributed by atoms with Gasteiger partial charge in [-0.25, -0.2) is 0 Å². The molecule has 1 aromatic carbocycles. The molecule has 120 valence electrons. The number of phenolic OH excluding ortho intramolecular Hbond substituents is 1. The van der Waals surface area contributed by atoms with Crippen LogP contribution in [0.2, 0.25) is 0 Å². The number of carbonyl (C=O) groups excluding carboxylic acids is 1. The van der Waals surface area contributed by atoms with Crippen molar-refractivity contribution in [1.82, 2.24) is 4.90 Å². The lowest BCUT2D eigenvalue weighted by atomic mass is 9.51. The number of ketones is 1. The monoisotopic (exact) mass is 311 g/mol. The highest BCUT2D eigenvalue weighted by molar-refractivity contribution is 5.89. The molecule has 0 radical (unpaired) electrons. The minimum atomic E-state index is -0.392.